The average molecular weight is 236 g/mol. The molecule has 0 unspecified atom stereocenters. The van der Waals surface area contributed by atoms with Crippen LogP contribution in [0.2, 0.25) is 0 Å². The third-order valence-electron chi connectivity index (χ3n) is 2.77. The van der Waals surface area contributed by atoms with Crippen LogP contribution < -0.4 is 5.73 Å². The first-order valence-corrected chi connectivity index (χ1v) is 6.55. The number of unbranched alkanes of at least 4 members (excludes halogenated alkanes) is 2. The summed E-state index contributed by atoms with van der Waals surface area (Å²) in [5.74, 6) is 0.488. The van der Waals surface area contributed by atoms with Gasteiger partial charge >= 0.3 is 0 Å². The Hall–Kier alpha value is -1.16. The standard InChI is InChI=1S/C13H24N4/c1-3-5-7-17(8-6-4-2)11-12-9-16-13(14)10-15-12/h9-10H,3-8,11H2,1-2H3,(H2,14,16). The van der Waals surface area contributed by atoms with Crippen molar-refractivity contribution in [3.05, 3.63) is 18.1 Å². The van der Waals surface area contributed by atoms with Crippen LogP contribution in [0.3, 0.4) is 0 Å². The van der Waals surface area contributed by atoms with Gasteiger partial charge in [0.2, 0.25) is 0 Å². The number of rotatable bonds is 8. The summed E-state index contributed by atoms with van der Waals surface area (Å²) in [5, 5.41) is 0. The van der Waals surface area contributed by atoms with Gasteiger partial charge in [-0.05, 0) is 25.9 Å². The minimum absolute atomic E-state index is 0.488. The first-order chi connectivity index (χ1) is 8.26. The molecule has 0 aliphatic heterocycles. The summed E-state index contributed by atoms with van der Waals surface area (Å²) in [6.07, 6.45) is 8.36. The summed E-state index contributed by atoms with van der Waals surface area (Å²) < 4.78 is 0. The van der Waals surface area contributed by atoms with Crippen molar-refractivity contribution in [2.24, 2.45) is 0 Å². The first-order valence-electron chi connectivity index (χ1n) is 6.55. The molecule has 4 nitrogen and oxygen atoms in total. The van der Waals surface area contributed by atoms with Crippen LogP contribution in [-0.2, 0) is 6.54 Å². The van der Waals surface area contributed by atoms with E-state index in [0.717, 1.165) is 25.3 Å². The van der Waals surface area contributed by atoms with Crippen LogP contribution in [0.1, 0.15) is 45.2 Å². The molecule has 0 aliphatic rings. The molecule has 2 N–H and O–H groups in total. The van der Waals surface area contributed by atoms with Crippen LogP contribution >= 0.6 is 0 Å². The molecule has 96 valence electrons. The highest BCUT2D eigenvalue weighted by Crippen LogP contribution is 2.05. The SMILES string of the molecule is CCCCN(CCCC)Cc1cnc(N)cn1. The zero-order valence-corrected chi connectivity index (χ0v) is 11.0. The van der Waals surface area contributed by atoms with Gasteiger partial charge in [-0.3, -0.25) is 9.88 Å². The lowest BCUT2D eigenvalue weighted by molar-refractivity contribution is 0.254. The molecule has 1 heterocycles. The van der Waals surface area contributed by atoms with Crippen LogP contribution in [0.4, 0.5) is 5.82 Å². The minimum atomic E-state index is 0.488. The van der Waals surface area contributed by atoms with E-state index in [1.54, 1.807) is 12.4 Å². The lowest BCUT2D eigenvalue weighted by atomic mass is 10.2. The molecule has 0 saturated heterocycles. The number of nitrogens with two attached hydrogens (primary N) is 1. The lowest BCUT2D eigenvalue weighted by Crippen LogP contribution is -2.26. The van der Waals surface area contributed by atoms with Gasteiger partial charge in [0.15, 0.2) is 0 Å². The van der Waals surface area contributed by atoms with Crippen LogP contribution in [0.15, 0.2) is 12.4 Å². The average Bonchev–Trinajstić information content (AvgIpc) is 2.35. The molecular weight excluding hydrogens is 212 g/mol. The second-order valence-electron chi connectivity index (χ2n) is 4.42. The van der Waals surface area contributed by atoms with E-state index in [-0.39, 0.29) is 0 Å². The Labute approximate surface area is 104 Å². The molecule has 4 heteroatoms. The van der Waals surface area contributed by atoms with Gasteiger partial charge in [-0.25, -0.2) is 4.98 Å². The van der Waals surface area contributed by atoms with Crippen molar-refractivity contribution in [2.75, 3.05) is 18.8 Å². The molecule has 0 amide bonds. The maximum absolute atomic E-state index is 5.53. The van der Waals surface area contributed by atoms with Crippen molar-refractivity contribution in [1.82, 2.24) is 14.9 Å². The summed E-state index contributed by atoms with van der Waals surface area (Å²) >= 11 is 0. The number of aromatic nitrogens is 2. The van der Waals surface area contributed by atoms with Gasteiger partial charge in [0.1, 0.15) is 5.82 Å². The van der Waals surface area contributed by atoms with E-state index in [0.29, 0.717) is 5.82 Å². The van der Waals surface area contributed by atoms with Gasteiger partial charge in [0.05, 0.1) is 18.1 Å². The Morgan fingerprint density at radius 2 is 1.71 bits per heavy atom. The Kier molecular flexibility index (Phi) is 6.55. The summed E-state index contributed by atoms with van der Waals surface area (Å²) in [6.45, 7) is 7.61. The van der Waals surface area contributed by atoms with Crippen molar-refractivity contribution in [1.29, 1.82) is 0 Å². The van der Waals surface area contributed by atoms with Gasteiger partial charge < -0.3 is 5.73 Å². The van der Waals surface area contributed by atoms with Crippen LogP contribution in [0, 0.1) is 0 Å². The molecule has 1 aromatic heterocycles. The number of anilines is 1. The topological polar surface area (TPSA) is 55.0 Å². The van der Waals surface area contributed by atoms with E-state index >= 15 is 0 Å². The largest absolute Gasteiger partial charge is 0.382 e. The molecule has 0 spiro atoms. The number of hydrogen-bond donors (Lipinski definition) is 1. The second-order valence-corrected chi connectivity index (χ2v) is 4.42. The van der Waals surface area contributed by atoms with Crippen LogP contribution in [0.25, 0.3) is 0 Å². The molecular formula is C13H24N4. The molecule has 0 saturated carbocycles. The van der Waals surface area contributed by atoms with Gasteiger partial charge in [-0.2, -0.15) is 0 Å². The first kappa shape index (κ1) is 13.9. The molecule has 0 fully saturated rings. The normalized spacial score (nSPS) is 11.0. The van der Waals surface area contributed by atoms with E-state index in [2.05, 4.69) is 28.7 Å². The maximum atomic E-state index is 5.53. The number of hydrogen-bond acceptors (Lipinski definition) is 4. The van der Waals surface area contributed by atoms with Gasteiger partial charge in [0, 0.05) is 6.54 Å². The predicted molar refractivity (Wildman–Crippen MR) is 71.5 cm³/mol. The summed E-state index contributed by atoms with van der Waals surface area (Å²) in [5.41, 5.74) is 6.54. The molecule has 1 rings (SSSR count). The number of nitrogens with zero attached hydrogens (tertiary/aromatic N) is 3. The minimum Gasteiger partial charge on any atom is -0.382 e. The van der Waals surface area contributed by atoms with E-state index < -0.39 is 0 Å². The highest BCUT2D eigenvalue weighted by molar-refractivity contribution is 5.22. The van der Waals surface area contributed by atoms with Crippen molar-refractivity contribution in [3.8, 4) is 0 Å². The highest BCUT2D eigenvalue weighted by atomic mass is 15.1. The fourth-order valence-electron chi connectivity index (χ4n) is 1.71. The molecule has 0 radical (unpaired) electrons. The van der Waals surface area contributed by atoms with E-state index in [4.69, 9.17) is 5.73 Å². The fourth-order valence-corrected chi connectivity index (χ4v) is 1.71. The van der Waals surface area contributed by atoms with Crippen molar-refractivity contribution < 1.29 is 0 Å². The zero-order valence-electron chi connectivity index (χ0n) is 11.0. The quantitative estimate of drug-likeness (QED) is 0.753. The van der Waals surface area contributed by atoms with E-state index in [9.17, 15) is 0 Å². The Balaban J connectivity index is 2.48. The molecule has 17 heavy (non-hydrogen) atoms. The lowest BCUT2D eigenvalue weighted by Gasteiger charge is -2.21. The third-order valence-corrected chi connectivity index (χ3v) is 2.77. The molecule has 0 aromatic carbocycles. The van der Waals surface area contributed by atoms with Gasteiger partial charge in [0.25, 0.3) is 0 Å². The monoisotopic (exact) mass is 236 g/mol. The smallest absolute Gasteiger partial charge is 0.141 e. The van der Waals surface area contributed by atoms with Crippen molar-refractivity contribution in [3.63, 3.8) is 0 Å². The molecule has 0 bridgehead atoms. The van der Waals surface area contributed by atoms with Crippen molar-refractivity contribution in [2.45, 2.75) is 46.1 Å². The Bertz CT molecular complexity index is 289. The van der Waals surface area contributed by atoms with Gasteiger partial charge in [-0.1, -0.05) is 26.7 Å². The maximum Gasteiger partial charge on any atom is 0.141 e. The summed E-state index contributed by atoms with van der Waals surface area (Å²) in [7, 11) is 0. The van der Waals surface area contributed by atoms with E-state index in [1.165, 1.54) is 25.7 Å². The summed E-state index contributed by atoms with van der Waals surface area (Å²) in [6, 6.07) is 0. The molecule has 0 aliphatic carbocycles. The highest BCUT2D eigenvalue weighted by Gasteiger charge is 2.06. The van der Waals surface area contributed by atoms with Gasteiger partial charge in [-0.15, -0.1) is 0 Å². The summed E-state index contributed by atoms with van der Waals surface area (Å²) in [4.78, 5) is 10.8. The predicted octanol–water partition coefficient (Wildman–Crippen LogP) is 2.46. The Morgan fingerprint density at radius 1 is 1.06 bits per heavy atom. The van der Waals surface area contributed by atoms with Crippen molar-refractivity contribution >= 4 is 5.82 Å². The molecule has 0 atom stereocenters. The molecule has 1 aromatic rings. The third kappa shape index (κ3) is 5.63. The Morgan fingerprint density at radius 3 is 2.18 bits per heavy atom. The number of nitrogen functional groups attached to an aromatic ring is 1. The van der Waals surface area contributed by atoms with Crippen LogP contribution in [0.5, 0.6) is 0 Å². The van der Waals surface area contributed by atoms with E-state index in [1.807, 2.05) is 0 Å². The van der Waals surface area contributed by atoms with Crippen LogP contribution in [-0.4, -0.2) is 28.0 Å². The zero-order chi connectivity index (χ0) is 12.5. The second kappa shape index (κ2) is 8.01. The fraction of sp³-hybridized carbons (Fsp3) is 0.692.